The van der Waals surface area contributed by atoms with Gasteiger partial charge in [0, 0.05) is 22.7 Å². The van der Waals surface area contributed by atoms with Gasteiger partial charge in [0.05, 0.1) is 12.1 Å². The van der Waals surface area contributed by atoms with Gasteiger partial charge < -0.3 is 14.7 Å². The van der Waals surface area contributed by atoms with Gasteiger partial charge in [0.15, 0.2) is 0 Å². The number of nitrogens with zero attached hydrogens (tertiary/aromatic N) is 3. The van der Waals surface area contributed by atoms with Crippen molar-refractivity contribution in [2.45, 2.75) is 124 Å². The molecule has 6 rings (SSSR count). The third-order valence-corrected chi connectivity index (χ3v) is 10.2. The van der Waals surface area contributed by atoms with Gasteiger partial charge in [-0.3, -0.25) is 4.99 Å². The van der Waals surface area contributed by atoms with E-state index >= 15 is 0 Å². The lowest BCUT2D eigenvalue weighted by Crippen LogP contribution is -2.41. The van der Waals surface area contributed by atoms with Crippen LogP contribution >= 0.6 is 0 Å². The highest BCUT2D eigenvalue weighted by atomic mass is 16.5. The summed E-state index contributed by atoms with van der Waals surface area (Å²) >= 11 is 0. The largest absolute Gasteiger partial charge is 0.506 e. The number of anilines is 1. The lowest BCUT2D eigenvalue weighted by atomic mass is 9.85. The summed E-state index contributed by atoms with van der Waals surface area (Å²) in [5.41, 5.74) is 10.3. The van der Waals surface area contributed by atoms with E-state index < -0.39 is 0 Å². The van der Waals surface area contributed by atoms with Crippen LogP contribution in [0.3, 0.4) is 0 Å². The summed E-state index contributed by atoms with van der Waals surface area (Å²) in [6, 6.07) is 17.3. The second kappa shape index (κ2) is 11.7. The van der Waals surface area contributed by atoms with E-state index in [-0.39, 0.29) is 22.6 Å². The molecule has 1 N–H and O–H groups in total. The number of benzene rings is 3. The van der Waals surface area contributed by atoms with E-state index in [9.17, 15) is 5.11 Å². The maximum atomic E-state index is 10.9. The summed E-state index contributed by atoms with van der Waals surface area (Å²) in [6.45, 7) is 22.2. The maximum absolute atomic E-state index is 10.9. The van der Waals surface area contributed by atoms with Gasteiger partial charge in [0.2, 0.25) is 5.88 Å². The first-order valence-corrected chi connectivity index (χ1v) is 17.0. The third kappa shape index (κ3) is 6.01. The number of amidine groups is 1. The fraction of sp³-hybridized carbons (Fsp3) is 0.463. The molecule has 242 valence electrons. The van der Waals surface area contributed by atoms with E-state index in [1.165, 1.54) is 52.8 Å². The highest BCUT2D eigenvalue weighted by molar-refractivity contribution is 6.13. The molecule has 0 bridgehead atoms. The molecule has 4 aromatic rings. The molecule has 1 fully saturated rings. The van der Waals surface area contributed by atoms with Crippen molar-refractivity contribution in [2.24, 2.45) is 4.99 Å². The van der Waals surface area contributed by atoms with Gasteiger partial charge in [-0.2, -0.15) is 0 Å². The number of hydrogen-bond acceptors (Lipinski definition) is 5. The van der Waals surface area contributed by atoms with Gasteiger partial charge in [-0.25, -0.2) is 4.98 Å². The van der Waals surface area contributed by atoms with Crippen molar-refractivity contribution in [2.75, 3.05) is 4.90 Å². The predicted octanol–water partition coefficient (Wildman–Crippen LogP) is 10.5. The first-order valence-electron chi connectivity index (χ1n) is 17.0. The highest BCUT2D eigenvalue weighted by Crippen LogP contribution is 2.42. The zero-order valence-electron chi connectivity index (χ0n) is 29.5. The lowest BCUT2D eigenvalue weighted by molar-refractivity contribution is 0.456. The quantitative estimate of drug-likeness (QED) is 0.248. The Morgan fingerprint density at radius 3 is 2.09 bits per heavy atom. The van der Waals surface area contributed by atoms with Gasteiger partial charge in [0.1, 0.15) is 22.9 Å². The Balaban J connectivity index is 1.47. The first-order chi connectivity index (χ1) is 21.6. The molecule has 1 saturated carbocycles. The van der Waals surface area contributed by atoms with E-state index in [4.69, 9.17) is 14.7 Å². The molecule has 2 aliphatic rings. The third-order valence-electron chi connectivity index (χ3n) is 10.2. The molecule has 1 aliphatic carbocycles. The lowest BCUT2D eigenvalue weighted by Gasteiger charge is -2.34. The molecule has 46 heavy (non-hydrogen) atoms. The second-order valence-electron chi connectivity index (χ2n) is 15.8. The van der Waals surface area contributed by atoms with Crippen molar-refractivity contribution in [3.63, 3.8) is 0 Å². The van der Waals surface area contributed by atoms with Gasteiger partial charge in [-0.05, 0) is 121 Å². The van der Waals surface area contributed by atoms with Gasteiger partial charge in [-0.15, -0.1) is 0 Å². The van der Waals surface area contributed by atoms with Crippen molar-refractivity contribution in [1.29, 1.82) is 0 Å². The Kier molecular flexibility index (Phi) is 8.19. The molecule has 1 aliphatic heterocycles. The van der Waals surface area contributed by atoms with Crippen LogP contribution < -0.4 is 9.64 Å². The summed E-state index contributed by atoms with van der Waals surface area (Å²) in [5, 5.41) is 11.8. The Morgan fingerprint density at radius 1 is 0.761 bits per heavy atom. The van der Waals surface area contributed by atoms with Crippen LogP contribution in [0.15, 0.2) is 53.5 Å². The second-order valence-corrected chi connectivity index (χ2v) is 15.8. The van der Waals surface area contributed by atoms with Crippen molar-refractivity contribution < 1.29 is 9.84 Å². The number of rotatable bonds is 4. The van der Waals surface area contributed by atoms with E-state index in [0.29, 0.717) is 17.4 Å². The number of pyridine rings is 1. The standard InChI is InChI=1S/C41H51N3O2/c1-24-18-25(2)27(4)38(26(24)3)44-34-15-13-11-12-14-33(34)42-39(44)29-20-30(40(5,6)7)22-32(21-29)46-36-17-16-28-19-31(41(8,9)10)23-35(45)37(28)43-36/h16-23,33-34,45H,11-15H2,1-10H3/t33-,34-/m0/s1. The van der Waals surface area contributed by atoms with E-state index in [2.05, 4.69) is 104 Å². The average Bonchev–Trinajstić information content (AvgIpc) is 3.16. The number of ether oxygens (including phenoxy) is 1. The van der Waals surface area contributed by atoms with E-state index in [1.807, 2.05) is 18.2 Å². The normalized spacial score (nSPS) is 18.8. The Labute approximate surface area is 275 Å². The zero-order chi connectivity index (χ0) is 33.1. The monoisotopic (exact) mass is 617 g/mol. The van der Waals surface area contributed by atoms with Crippen LogP contribution in [0.4, 0.5) is 5.69 Å². The van der Waals surface area contributed by atoms with Crippen LogP contribution in [-0.4, -0.2) is 28.0 Å². The summed E-state index contributed by atoms with van der Waals surface area (Å²) in [6.07, 6.45) is 6.01. The van der Waals surface area contributed by atoms with Gasteiger partial charge >= 0.3 is 0 Å². The number of aromatic hydroxyl groups is 1. The van der Waals surface area contributed by atoms with Crippen LogP contribution in [0, 0.1) is 27.7 Å². The van der Waals surface area contributed by atoms with Crippen LogP contribution in [0.1, 0.15) is 113 Å². The number of phenolic OH excluding ortho intramolecular Hbond substituents is 1. The number of aromatic nitrogens is 1. The van der Waals surface area contributed by atoms with E-state index in [0.717, 1.165) is 40.9 Å². The van der Waals surface area contributed by atoms with Crippen molar-refractivity contribution >= 4 is 22.4 Å². The molecule has 0 spiro atoms. The van der Waals surface area contributed by atoms with Crippen molar-refractivity contribution in [3.05, 3.63) is 87.5 Å². The van der Waals surface area contributed by atoms with Crippen molar-refractivity contribution in [3.8, 4) is 17.4 Å². The smallest absolute Gasteiger partial charge is 0.219 e. The Hall–Kier alpha value is -3.86. The molecule has 5 heteroatoms. The van der Waals surface area contributed by atoms with Crippen LogP contribution in [0.2, 0.25) is 0 Å². The van der Waals surface area contributed by atoms with E-state index in [1.54, 1.807) is 0 Å². The summed E-state index contributed by atoms with van der Waals surface area (Å²) < 4.78 is 6.54. The number of aliphatic imine (C=N–C) groups is 1. The molecule has 1 aromatic heterocycles. The van der Waals surface area contributed by atoms with Crippen LogP contribution in [-0.2, 0) is 10.8 Å². The van der Waals surface area contributed by atoms with Crippen molar-refractivity contribution in [1.82, 2.24) is 4.98 Å². The summed E-state index contributed by atoms with van der Waals surface area (Å²) in [4.78, 5) is 12.9. The topological polar surface area (TPSA) is 58.0 Å². The predicted molar refractivity (Wildman–Crippen MR) is 192 cm³/mol. The Morgan fingerprint density at radius 2 is 1.41 bits per heavy atom. The maximum Gasteiger partial charge on any atom is 0.219 e. The Bertz CT molecular complexity index is 1810. The molecule has 2 heterocycles. The molecule has 0 saturated heterocycles. The minimum atomic E-state index is -0.105. The van der Waals surface area contributed by atoms with Crippen LogP contribution in [0.25, 0.3) is 10.9 Å². The minimum absolute atomic E-state index is 0.0770. The number of phenols is 1. The molecule has 3 aromatic carbocycles. The fourth-order valence-corrected chi connectivity index (χ4v) is 7.17. The van der Waals surface area contributed by atoms with Gasteiger partial charge in [0.25, 0.3) is 0 Å². The fourth-order valence-electron chi connectivity index (χ4n) is 7.17. The first kappa shape index (κ1) is 32.1. The molecular weight excluding hydrogens is 566 g/mol. The number of hydrogen-bond donors (Lipinski definition) is 1. The minimum Gasteiger partial charge on any atom is -0.506 e. The molecule has 5 nitrogen and oxygen atoms in total. The summed E-state index contributed by atoms with van der Waals surface area (Å²) in [5.74, 6) is 2.40. The molecule has 0 radical (unpaired) electrons. The van der Waals surface area contributed by atoms with Gasteiger partial charge in [-0.1, -0.05) is 66.9 Å². The SMILES string of the molecule is Cc1cc(C)c(C)c(N2C(c3cc(Oc4ccc5cc(C(C)(C)C)cc(O)c5n4)cc(C(C)(C)C)c3)=N[C@H]3CCCCC[C@@H]32)c1C. The number of aryl methyl sites for hydroxylation is 2. The molecule has 0 unspecified atom stereocenters. The molecular formula is C41H51N3O2. The number of fused-ring (bicyclic) bond motifs is 2. The summed E-state index contributed by atoms with van der Waals surface area (Å²) in [7, 11) is 0. The highest BCUT2D eigenvalue weighted by Gasteiger charge is 2.40. The zero-order valence-corrected chi connectivity index (χ0v) is 29.5. The average molecular weight is 618 g/mol. The molecule has 2 atom stereocenters. The molecule has 0 amide bonds. The van der Waals surface area contributed by atoms with Crippen LogP contribution in [0.5, 0.6) is 17.4 Å².